The lowest BCUT2D eigenvalue weighted by Gasteiger charge is -2.08. The van der Waals surface area contributed by atoms with Crippen LogP contribution in [0, 0.1) is 12.7 Å². The molecule has 0 amide bonds. The predicted molar refractivity (Wildman–Crippen MR) is 68.3 cm³/mol. The second kappa shape index (κ2) is 5.33. The smallest absolute Gasteiger partial charge is 0.219 e. The molecule has 0 aliphatic rings. The average molecular weight is 267 g/mol. The quantitative estimate of drug-likeness (QED) is 0.926. The van der Waals surface area contributed by atoms with Crippen LogP contribution in [0.25, 0.3) is 0 Å². The molecule has 0 radical (unpaired) electrons. The molecule has 2 aromatic rings. The van der Waals surface area contributed by atoms with Crippen molar-refractivity contribution in [3.05, 3.63) is 52.4 Å². The molecule has 0 aliphatic carbocycles. The summed E-state index contributed by atoms with van der Waals surface area (Å²) in [5.41, 5.74) is 7.30. The van der Waals surface area contributed by atoms with Gasteiger partial charge in [0.2, 0.25) is 5.88 Å². The first-order valence-electron chi connectivity index (χ1n) is 5.39. The van der Waals surface area contributed by atoms with Crippen LogP contribution in [0.3, 0.4) is 0 Å². The second-order valence-corrected chi connectivity index (χ2v) is 4.24. The number of rotatable bonds is 3. The average Bonchev–Trinajstić information content (AvgIpc) is 2.33. The number of nitrogens with zero attached hydrogens (tertiary/aromatic N) is 1. The van der Waals surface area contributed by atoms with Crippen molar-refractivity contribution in [1.29, 1.82) is 0 Å². The Hall–Kier alpha value is -1.65. The number of hydrogen-bond acceptors (Lipinski definition) is 3. The van der Waals surface area contributed by atoms with Crippen molar-refractivity contribution in [2.45, 2.75) is 13.5 Å². The molecule has 2 rings (SSSR count). The zero-order valence-corrected chi connectivity index (χ0v) is 10.5. The van der Waals surface area contributed by atoms with Crippen molar-refractivity contribution in [2.24, 2.45) is 5.73 Å². The third-order valence-corrected chi connectivity index (χ3v) is 2.63. The number of nitrogens with two attached hydrogens (primary N) is 1. The van der Waals surface area contributed by atoms with Gasteiger partial charge in [-0.05, 0) is 30.7 Å². The SMILES string of the molecule is Cc1cc(CN)cc(Oc2ccc(F)c(Cl)c2)n1. The van der Waals surface area contributed by atoms with Crippen molar-refractivity contribution in [3.8, 4) is 11.6 Å². The van der Waals surface area contributed by atoms with Gasteiger partial charge in [0.15, 0.2) is 0 Å². The Balaban J connectivity index is 2.27. The van der Waals surface area contributed by atoms with E-state index in [-0.39, 0.29) is 5.02 Å². The summed E-state index contributed by atoms with van der Waals surface area (Å²) in [5, 5.41) is 0.0131. The molecule has 5 heteroatoms. The topological polar surface area (TPSA) is 48.1 Å². The van der Waals surface area contributed by atoms with E-state index in [2.05, 4.69) is 4.98 Å². The van der Waals surface area contributed by atoms with Gasteiger partial charge in [0.25, 0.3) is 0 Å². The number of aromatic nitrogens is 1. The van der Waals surface area contributed by atoms with Crippen LogP contribution >= 0.6 is 11.6 Å². The normalized spacial score (nSPS) is 10.4. The van der Waals surface area contributed by atoms with Crippen molar-refractivity contribution in [2.75, 3.05) is 0 Å². The van der Waals surface area contributed by atoms with E-state index in [1.54, 1.807) is 6.07 Å². The number of pyridine rings is 1. The van der Waals surface area contributed by atoms with E-state index in [0.717, 1.165) is 11.3 Å². The third kappa shape index (κ3) is 2.97. The molecule has 0 aliphatic heterocycles. The van der Waals surface area contributed by atoms with Gasteiger partial charge in [-0.3, -0.25) is 0 Å². The van der Waals surface area contributed by atoms with Crippen LogP contribution in [0.15, 0.2) is 30.3 Å². The molecule has 0 saturated heterocycles. The van der Waals surface area contributed by atoms with Gasteiger partial charge in [0.1, 0.15) is 11.6 Å². The molecule has 0 spiro atoms. The molecule has 0 saturated carbocycles. The highest BCUT2D eigenvalue weighted by Gasteiger charge is 2.05. The van der Waals surface area contributed by atoms with Gasteiger partial charge in [-0.25, -0.2) is 9.37 Å². The standard InChI is InChI=1S/C13H12ClFN2O/c1-8-4-9(7-16)5-13(17-8)18-10-2-3-12(15)11(14)6-10/h2-6H,7,16H2,1H3. The fraction of sp³-hybridized carbons (Fsp3) is 0.154. The van der Waals surface area contributed by atoms with Gasteiger partial charge in [-0.15, -0.1) is 0 Å². The molecule has 3 nitrogen and oxygen atoms in total. The van der Waals surface area contributed by atoms with Gasteiger partial charge < -0.3 is 10.5 Å². The minimum atomic E-state index is -0.483. The minimum absolute atomic E-state index is 0.0131. The maximum Gasteiger partial charge on any atom is 0.219 e. The van der Waals surface area contributed by atoms with Crippen LogP contribution in [0.4, 0.5) is 4.39 Å². The van der Waals surface area contributed by atoms with Crippen LogP contribution < -0.4 is 10.5 Å². The maximum atomic E-state index is 13.0. The molecule has 0 unspecified atom stereocenters. The first kappa shape index (κ1) is 12.8. The van der Waals surface area contributed by atoms with Crippen LogP contribution in [-0.4, -0.2) is 4.98 Å². The summed E-state index contributed by atoms with van der Waals surface area (Å²) < 4.78 is 18.5. The van der Waals surface area contributed by atoms with E-state index in [4.69, 9.17) is 22.1 Å². The molecular formula is C13H12ClFN2O. The van der Waals surface area contributed by atoms with Crippen molar-refractivity contribution < 1.29 is 9.13 Å². The zero-order valence-electron chi connectivity index (χ0n) is 9.78. The highest BCUT2D eigenvalue weighted by atomic mass is 35.5. The molecule has 1 heterocycles. The lowest BCUT2D eigenvalue weighted by Crippen LogP contribution is -1.99. The number of hydrogen-bond donors (Lipinski definition) is 1. The fourth-order valence-electron chi connectivity index (χ4n) is 1.54. The second-order valence-electron chi connectivity index (χ2n) is 3.84. The molecular weight excluding hydrogens is 255 g/mol. The van der Waals surface area contributed by atoms with E-state index >= 15 is 0 Å². The minimum Gasteiger partial charge on any atom is -0.439 e. The summed E-state index contributed by atoms with van der Waals surface area (Å²) in [6.45, 7) is 2.26. The van der Waals surface area contributed by atoms with Gasteiger partial charge in [0.05, 0.1) is 5.02 Å². The summed E-state index contributed by atoms with van der Waals surface area (Å²) in [4.78, 5) is 4.21. The number of aryl methyl sites for hydroxylation is 1. The molecule has 0 bridgehead atoms. The van der Waals surface area contributed by atoms with Gasteiger partial charge in [-0.2, -0.15) is 0 Å². The molecule has 94 valence electrons. The van der Waals surface area contributed by atoms with Crippen molar-refractivity contribution in [3.63, 3.8) is 0 Å². The molecule has 0 fully saturated rings. The van der Waals surface area contributed by atoms with E-state index in [1.807, 2.05) is 13.0 Å². The van der Waals surface area contributed by atoms with Crippen molar-refractivity contribution >= 4 is 11.6 Å². The van der Waals surface area contributed by atoms with Crippen LogP contribution in [0.2, 0.25) is 5.02 Å². The molecule has 0 atom stereocenters. The third-order valence-electron chi connectivity index (χ3n) is 2.34. The van der Waals surface area contributed by atoms with Crippen LogP contribution in [0.1, 0.15) is 11.3 Å². The number of halogens is 2. The highest BCUT2D eigenvalue weighted by molar-refractivity contribution is 6.30. The van der Waals surface area contributed by atoms with E-state index < -0.39 is 5.82 Å². The summed E-state index contributed by atoms with van der Waals surface area (Å²) >= 11 is 5.67. The summed E-state index contributed by atoms with van der Waals surface area (Å²) in [7, 11) is 0. The predicted octanol–water partition coefficient (Wildman–Crippen LogP) is 3.43. The Kier molecular flexibility index (Phi) is 3.79. The Bertz CT molecular complexity index is 575. The monoisotopic (exact) mass is 266 g/mol. The van der Waals surface area contributed by atoms with Gasteiger partial charge in [-0.1, -0.05) is 11.6 Å². The van der Waals surface area contributed by atoms with Gasteiger partial charge >= 0.3 is 0 Å². The largest absolute Gasteiger partial charge is 0.439 e. The summed E-state index contributed by atoms with van der Waals surface area (Å²) in [6, 6.07) is 7.77. The Morgan fingerprint density at radius 2 is 2.11 bits per heavy atom. The lowest BCUT2D eigenvalue weighted by molar-refractivity contribution is 0.459. The van der Waals surface area contributed by atoms with Gasteiger partial charge in [0, 0.05) is 24.4 Å². The first-order valence-corrected chi connectivity index (χ1v) is 5.77. The van der Waals surface area contributed by atoms with E-state index in [1.165, 1.54) is 18.2 Å². The summed E-state index contributed by atoms with van der Waals surface area (Å²) in [5.74, 6) is 0.365. The Labute approximate surface area is 109 Å². The lowest BCUT2D eigenvalue weighted by atomic mass is 10.2. The molecule has 1 aromatic carbocycles. The molecule has 2 N–H and O–H groups in total. The maximum absolute atomic E-state index is 13.0. The Morgan fingerprint density at radius 3 is 2.78 bits per heavy atom. The number of benzene rings is 1. The first-order chi connectivity index (χ1) is 8.58. The fourth-order valence-corrected chi connectivity index (χ4v) is 1.71. The van der Waals surface area contributed by atoms with E-state index in [9.17, 15) is 4.39 Å². The zero-order chi connectivity index (χ0) is 13.1. The van der Waals surface area contributed by atoms with Crippen molar-refractivity contribution in [1.82, 2.24) is 4.98 Å². The molecule has 18 heavy (non-hydrogen) atoms. The van der Waals surface area contributed by atoms with Crippen LogP contribution in [0.5, 0.6) is 11.6 Å². The summed E-state index contributed by atoms with van der Waals surface area (Å²) in [6.07, 6.45) is 0. The van der Waals surface area contributed by atoms with E-state index in [0.29, 0.717) is 18.2 Å². The Morgan fingerprint density at radius 1 is 1.33 bits per heavy atom. The number of ether oxygens (including phenoxy) is 1. The highest BCUT2D eigenvalue weighted by Crippen LogP contribution is 2.25. The molecule has 1 aromatic heterocycles. The van der Waals surface area contributed by atoms with Crippen LogP contribution in [-0.2, 0) is 6.54 Å².